The van der Waals surface area contributed by atoms with E-state index in [1.807, 2.05) is 59.2 Å². The Balaban J connectivity index is 2.51. The van der Waals surface area contributed by atoms with Crippen molar-refractivity contribution in [2.45, 2.75) is 0 Å². The molecular weight excluding hydrogens is 262 g/mol. The van der Waals surface area contributed by atoms with Gasteiger partial charge in [-0.1, -0.05) is 36.4 Å². The largest absolute Gasteiger partial charge is 0.384 e. The van der Waals surface area contributed by atoms with E-state index in [9.17, 15) is 0 Å². The van der Waals surface area contributed by atoms with Crippen LogP contribution < -0.4 is 11.5 Å². The molecular formula is C16H15N5. The summed E-state index contributed by atoms with van der Waals surface area (Å²) in [5, 5.41) is 16.6. The molecule has 0 atom stereocenters. The Labute approximate surface area is 121 Å². The van der Waals surface area contributed by atoms with Gasteiger partial charge in [0.1, 0.15) is 11.7 Å². The van der Waals surface area contributed by atoms with E-state index in [0.717, 1.165) is 16.6 Å². The van der Waals surface area contributed by atoms with Gasteiger partial charge >= 0.3 is 0 Å². The number of benzene rings is 2. The molecule has 0 spiro atoms. The average molecular weight is 277 g/mol. The van der Waals surface area contributed by atoms with Crippen molar-refractivity contribution in [2.24, 2.45) is 11.5 Å². The van der Waals surface area contributed by atoms with Crippen molar-refractivity contribution >= 4 is 22.6 Å². The molecule has 1 heterocycles. The van der Waals surface area contributed by atoms with Gasteiger partial charge in [0.25, 0.3) is 0 Å². The van der Waals surface area contributed by atoms with Gasteiger partial charge in [-0.15, -0.1) is 0 Å². The molecule has 3 rings (SSSR count). The van der Waals surface area contributed by atoms with Crippen molar-refractivity contribution in [1.82, 2.24) is 4.57 Å². The molecule has 5 heteroatoms. The molecule has 0 aliphatic heterocycles. The summed E-state index contributed by atoms with van der Waals surface area (Å²) in [5.41, 5.74) is 14.2. The van der Waals surface area contributed by atoms with Gasteiger partial charge in [0.05, 0.1) is 16.8 Å². The highest BCUT2D eigenvalue weighted by Crippen LogP contribution is 2.29. The zero-order valence-corrected chi connectivity index (χ0v) is 11.3. The van der Waals surface area contributed by atoms with Gasteiger partial charge in [-0.2, -0.15) is 0 Å². The monoisotopic (exact) mass is 277 g/mol. The number of aromatic nitrogens is 1. The zero-order valence-electron chi connectivity index (χ0n) is 11.3. The highest BCUT2D eigenvalue weighted by atomic mass is 15.0. The SMILES string of the molecule is N=C(N)c1c(C(=N)N)n(-c2ccccc2)c2ccccc12. The van der Waals surface area contributed by atoms with Gasteiger partial charge in [0.2, 0.25) is 0 Å². The average Bonchev–Trinajstić information content (AvgIpc) is 2.83. The summed E-state index contributed by atoms with van der Waals surface area (Å²) >= 11 is 0. The molecule has 0 unspecified atom stereocenters. The molecule has 5 nitrogen and oxygen atoms in total. The van der Waals surface area contributed by atoms with Crippen molar-refractivity contribution in [2.75, 3.05) is 0 Å². The first kappa shape index (κ1) is 12.9. The Morgan fingerprint density at radius 2 is 1.43 bits per heavy atom. The van der Waals surface area contributed by atoms with Crippen molar-refractivity contribution in [3.05, 3.63) is 65.9 Å². The van der Waals surface area contributed by atoms with E-state index < -0.39 is 0 Å². The smallest absolute Gasteiger partial charge is 0.140 e. The molecule has 0 saturated carbocycles. The highest BCUT2D eigenvalue weighted by molar-refractivity contribution is 6.17. The minimum atomic E-state index is -0.111. The lowest BCUT2D eigenvalue weighted by Crippen LogP contribution is -2.22. The van der Waals surface area contributed by atoms with Crippen LogP contribution in [0.1, 0.15) is 11.3 Å². The van der Waals surface area contributed by atoms with Gasteiger partial charge < -0.3 is 16.0 Å². The first-order chi connectivity index (χ1) is 10.1. The van der Waals surface area contributed by atoms with Crippen LogP contribution in [0.3, 0.4) is 0 Å². The number of hydrogen-bond acceptors (Lipinski definition) is 2. The predicted molar refractivity (Wildman–Crippen MR) is 85.3 cm³/mol. The third-order valence-corrected chi connectivity index (χ3v) is 3.41. The Morgan fingerprint density at radius 1 is 0.810 bits per heavy atom. The molecule has 6 N–H and O–H groups in total. The maximum absolute atomic E-state index is 7.90. The number of fused-ring (bicyclic) bond motifs is 1. The Kier molecular flexibility index (Phi) is 2.95. The van der Waals surface area contributed by atoms with E-state index in [2.05, 4.69) is 0 Å². The minimum absolute atomic E-state index is 0.0916. The molecule has 21 heavy (non-hydrogen) atoms. The second kappa shape index (κ2) is 4.79. The summed E-state index contributed by atoms with van der Waals surface area (Å²) in [5.74, 6) is -0.202. The van der Waals surface area contributed by atoms with Crippen LogP contribution in [0.4, 0.5) is 0 Å². The standard InChI is InChI=1S/C16H15N5/c17-15(18)13-11-8-4-5-9-12(11)21(14(13)16(19)20)10-6-2-1-3-7-10/h1-9H,(H3,17,18)(H3,19,20). The van der Waals surface area contributed by atoms with Crippen LogP contribution in [0.15, 0.2) is 54.6 Å². The molecule has 3 aromatic rings. The number of nitrogen functional groups attached to an aromatic ring is 2. The van der Waals surface area contributed by atoms with Gasteiger partial charge in [-0.05, 0) is 18.2 Å². The maximum Gasteiger partial charge on any atom is 0.140 e. The molecule has 0 amide bonds. The fourth-order valence-electron chi connectivity index (χ4n) is 2.61. The third-order valence-electron chi connectivity index (χ3n) is 3.41. The number of hydrogen-bond donors (Lipinski definition) is 4. The molecule has 0 radical (unpaired) electrons. The van der Waals surface area contributed by atoms with Crippen LogP contribution in [0, 0.1) is 10.8 Å². The Morgan fingerprint density at radius 3 is 2.05 bits per heavy atom. The van der Waals surface area contributed by atoms with Crippen molar-refractivity contribution in [3.8, 4) is 5.69 Å². The van der Waals surface area contributed by atoms with Crippen LogP contribution in [0.5, 0.6) is 0 Å². The van der Waals surface area contributed by atoms with E-state index in [-0.39, 0.29) is 11.7 Å². The summed E-state index contributed by atoms with van der Waals surface area (Å²) in [7, 11) is 0. The summed E-state index contributed by atoms with van der Waals surface area (Å²) in [6, 6.07) is 17.2. The number of rotatable bonds is 3. The third kappa shape index (κ3) is 1.95. The summed E-state index contributed by atoms with van der Waals surface area (Å²) in [6.45, 7) is 0. The second-order valence-electron chi connectivity index (χ2n) is 4.74. The first-order valence-electron chi connectivity index (χ1n) is 6.49. The number of nitrogens with one attached hydrogen (secondary N) is 2. The van der Waals surface area contributed by atoms with Gasteiger partial charge in [-0.3, -0.25) is 10.8 Å². The van der Waals surface area contributed by atoms with Crippen LogP contribution in [0.25, 0.3) is 16.6 Å². The fraction of sp³-hybridized carbons (Fsp3) is 0. The number of nitrogens with zero attached hydrogens (tertiary/aromatic N) is 1. The lowest BCUT2D eigenvalue weighted by Gasteiger charge is -2.10. The first-order valence-corrected chi connectivity index (χ1v) is 6.49. The van der Waals surface area contributed by atoms with E-state index in [1.54, 1.807) is 0 Å². The normalized spacial score (nSPS) is 10.7. The molecule has 0 saturated heterocycles. The lowest BCUT2D eigenvalue weighted by atomic mass is 10.1. The van der Waals surface area contributed by atoms with Crippen molar-refractivity contribution < 1.29 is 0 Å². The van der Waals surface area contributed by atoms with Crippen LogP contribution in [-0.4, -0.2) is 16.2 Å². The van der Waals surface area contributed by atoms with E-state index in [1.165, 1.54) is 0 Å². The summed E-state index contributed by atoms with van der Waals surface area (Å²) < 4.78 is 1.87. The van der Waals surface area contributed by atoms with Gasteiger partial charge in [0, 0.05) is 11.1 Å². The van der Waals surface area contributed by atoms with E-state index >= 15 is 0 Å². The van der Waals surface area contributed by atoms with Crippen molar-refractivity contribution in [1.29, 1.82) is 10.8 Å². The highest BCUT2D eigenvalue weighted by Gasteiger charge is 2.21. The topological polar surface area (TPSA) is 105 Å². The van der Waals surface area contributed by atoms with Gasteiger partial charge in [-0.25, -0.2) is 0 Å². The maximum atomic E-state index is 7.90. The number of amidine groups is 2. The zero-order chi connectivity index (χ0) is 15.0. The Bertz CT molecular complexity index is 846. The lowest BCUT2D eigenvalue weighted by molar-refractivity contribution is 1.09. The molecule has 0 bridgehead atoms. The minimum Gasteiger partial charge on any atom is -0.384 e. The fourth-order valence-corrected chi connectivity index (χ4v) is 2.61. The Hall–Kier alpha value is -3.08. The van der Waals surface area contributed by atoms with E-state index in [4.69, 9.17) is 22.3 Å². The van der Waals surface area contributed by atoms with Crippen LogP contribution >= 0.6 is 0 Å². The number of para-hydroxylation sites is 2. The van der Waals surface area contributed by atoms with Gasteiger partial charge in [0.15, 0.2) is 0 Å². The number of nitrogens with two attached hydrogens (primary N) is 2. The van der Waals surface area contributed by atoms with Crippen molar-refractivity contribution in [3.63, 3.8) is 0 Å². The molecule has 0 aliphatic rings. The second-order valence-corrected chi connectivity index (χ2v) is 4.74. The van der Waals surface area contributed by atoms with Crippen LogP contribution in [0.2, 0.25) is 0 Å². The quantitative estimate of drug-likeness (QED) is 0.435. The molecule has 1 aromatic heterocycles. The molecule has 2 aromatic carbocycles. The summed E-state index contributed by atoms with van der Waals surface area (Å²) in [4.78, 5) is 0. The predicted octanol–water partition coefficient (Wildman–Crippen LogP) is 2.20. The summed E-state index contributed by atoms with van der Waals surface area (Å²) in [6.07, 6.45) is 0. The molecule has 0 aliphatic carbocycles. The molecule has 0 fully saturated rings. The van der Waals surface area contributed by atoms with Crippen LogP contribution in [-0.2, 0) is 0 Å². The molecule has 104 valence electrons. The van der Waals surface area contributed by atoms with E-state index in [0.29, 0.717) is 11.3 Å².